The quantitative estimate of drug-likeness (QED) is 0.446. The minimum atomic E-state index is -0.697. The van der Waals surface area contributed by atoms with Crippen LogP contribution in [0.2, 0.25) is 0 Å². The highest BCUT2D eigenvalue weighted by atomic mass is 32.1. The Balaban J connectivity index is 1.65. The number of nitrogens with one attached hydrogen (secondary N) is 2. The third-order valence-electron chi connectivity index (χ3n) is 7.84. The van der Waals surface area contributed by atoms with Crippen LogP contribution in [0.15, 0.2) is 22.8 Å². The van der Waals surface area contributed by atoms with Crippen LogP contribution in [-0.4, -0.2) is 53.4 Å². The summed E-state index contributed by atoms with van der Waals surface area (Å²) in [5, 5.41) is 27.4. The van der Waals surface area contributed by atoms with Gasteiger partial charge in [-0.25, -0.2) is 4.98 Å². The average Bonchev–Trinajstić information content (AvgIpc) is 3.46. The van der Waals surface area contributed by atoms with Crippen LogP contribution in [0, 0.1) is 16.7 Å². The topological polar surface area (TPSA) is 134 Å². The molecule has 9 nitrogen and oxygen atoms in total. The molecule has 0 bridgehead atoms. The molecule has 1 saturated carbocycles. The number of carbonyl (C=O) groups excluding carboxylic acids is 2. The van der Waals surface area contributed by atoms with E-state index < -0.39 is 11.5 Å². The van der Waals surface area contributed by atoms with Crippen LogP contribution in [0.1, 0.15) is 55.4 Å². The highest BCUT2D eigenvalue weighted by Gasteiger charge is 2.59. The molecule has 34 heavy (non-hydrogen) atoms. The van der Waals surface area contributed by atoms with Crippen molar-refractivity contribution in [3.05, 3.63) is 34.7 Å². The van der Waals surface area contributed by atoms with Gasteiger partial charge in [-0.05, 0) is 42.7 Å². The van der Waals surface area contributed by atoms with Crippen LogP contribution in [0.4, 0.5) is 5.13 Å². The highest BCUT2D eigenvalue weighted by molar-refractivity contribution is 7.15. The molecule has 0 spiro atoms. The van der Waals surface area contributed by atoms with Gasteiger partial charge in [0.15, 0.2) is 5.13 Å². The maximum atomic E-state index is 13.0. The van der Waals surface area contributed by atoms with E-state index in [-0.39, 0.29) is 48.7 Å². The molecule has 186 valence electrons. The molecule has 2 aliphatic rings. The van der Waals surface area contributed by atoms with Crippen molar-refractivity contribution in [1.29, 1.82) is 0 Å². The van der Waals surface area contributed by atoms with Crippen LogP contribution in [-0.2, 0) is 27.3 Å². The van der Waals surface area contributed by atoms with Gasteiger partial charge in [-0.15, -0.1) is 11.3 Å². The van der Waals surface area contributed by atoms with Gasteiger partial charge < -0.3 is 24.7 Å². The van der Waals surface area contributed by atoms with Crippen LogP contribution in [0.3, 0.4) is 0 Å². The second kappa shape index (κ2) is 9.77. The third-order valence-corrected chi connectivity index (χ3v) is 8.85. The van der Waals surface area contributed by atoms with Crippen molar-refractivity contribution in [3.63, 3.8) is 0 Å². The first kappa shape index (κ1) is 24.8. The molecule has 0 aliphatic heterocycles. The van der Waals surface area contributed by atoms with Crippen LogP contribution >= 0.6 is 11.3 Å². The van der Waals surface area contributed by atoms with Gasteiger partial charge in [-0.1, -0.05) is 13.8 Å². The van der Waals surface area contributed by atoms with Crippen molar-refractivity contribution in [2.45, 2.75) is 58.1 Å². The van der Waals surface area contributed by atoms with E-state index >= 15 is 0 Å². The summed E-state index contributed by atoms with van der Waals surface area (Å²) in [6.07, 6.45) is 3.05. The van der Waals surface area contributed by atoms with E-state index in [9.17, 15) is 19.8 Å². The molecule has 10 heteroatoms. The average molecular weight is 492 g/mol. The second-order valence-corrected chi connectivity index (χ2v) is 11.0. The molecule has 1 fully saturated rings. The predicted octanol–water partition coefficient (Wildman–Crippen LogP) is 2.44. The van der Waals surface area contributed by atoms with E-state index in [4.69, 9.17) is 14.1 Å². The van der Waals surface area contributed by atoms with Gasteiger partial charge in [0.25, 0.3) is 5.91 Å². The number of fused-ring (bicyclic) bond motifs is 2. The van der Waals surface area contributed by atoms with Crippen LogP contribution in [0.25, 0.3) is 0 Å². The number of ether oxygens (including phenoxy) is 1. The molecule has 4 N–H and O–H groups in total. The number of thiazole rings is 1. The molecule has 5 unspecified atom stereocenters. The van der Waals surface area contributed by atoms with Crippen LogP contribution in [0.5, 0.6) is 0 Å². The van der Waals surface area contributed by atoms with Gasteiger partial charge in [-0.3, -0.25) is 14.9 Å². The molecule has 4 rings (SSSR count). The number of furan rings is 1. The summed E-state index contributed by atoms with van der Waals surface area (Å²) in [4.78, 5) is 30.8. The summed E-state index contributed by atoms with van der Waals surface area (Å²) in [5.41, 5.74) is -0.230. The maximum absolute atomic E-state index is 13.0. The molecule has 0 radical (unpaired) electrons. The molecule has 0 aromatic carbocycles. The van der Waals surface area contributed by atoms with Crippen molar-refractivity contribution < 1.29 is 29.0 Å². The fourth-order valence-corrected chi connectivity index (χ4v) is 6.93. The summed E-state index contributed by atoms with van der Waals surface area (Å²) >= 11 is 1.39. The summed E-state index contributed by atoms with van der Waals surface area (Å²) < 4.78 is 10.2. The minimum Gasteiger partial charge on any atom is -0.467 e. The zero-order chi connectivity index (χ0) is 24.5. The van der Waals surface area contributed by atoms with Gasteiger partial charge in [0, 0.05) is 29.7 Å². The van der Waals surface area contributed by atoms with Crippen molar-refractivity contribution >= 4 is 28.3 Å². The fraction of sp³-hybridized carbons (Fsp3) is 0.625. The molecule has 5 atom stereocenters. The summed E-state index contributed by atoms with van der Waals surface area (Å²) in [6.45, 7) is 4.16. The molecule has 0 saturated heterocycles. The van der Waals surface area contributed by atoms with Gasteiger partial charge >= 0.3 is 0 Å². The molecular weight excluding hydrogens is 458 g/mol. The van der Waals surface area contributed by atoms with E-state index in [2.05, 4.69) is 17.6 Å². The number of carbonyl (C=O) groups is 2. The number of aliphatic hydroxyl groups excluding tert-OH is 2. The van der Waals surface area contributed by atoms with E-state index in [1.807, 2.05) is 6.92 Å². The number of hydrogen-bond donors (Lipinski definition) is 4. The molecule has 2 amide bonds. The number of methoxy groups -OCH3 is 1. The van der Waals surface area contributed by atoms with Crippen LogP contribution < -0.4 is 10.6 Å². The monoisotopic (exact) mass is 491 g/mol. The smallest absolute Gasteiger partial charge is 0.252 e. The number of amides is 2. The lowest BCUT2D eigenvalue weighted by Crippen LogP contribution is -2.57. The summed E-state index contributed by atoms with van der Waals surface area (Å²) in [5.74, 6) is -0.00975. The van der Waals surface area contributed by atoms with Gasteiger partial charge in [0.05, 0.1) is 31.2 Å². The summed E-state index contributed by atoms with van der Waals surface area (Å²) in [7, 11) is 1.45. The Morgan fingerprint density at radius 2 is 2.15 bits per heavy atom. The van der Waals surface area contributed by atoms with E-state index in [0.29, 0.717) is 36.7 Å². The van der Waals surface area contributed by atoms with E-state index in [1.165, 1.54) is 18.4 Å². The lowest BCUT2D eigenvalue weighted by atomic mass is 9.47. The first-order chi connectivity index (χ1) is 16.2. The Bertz CT molecular complexity index is 1020. The number of aromatic nitrogens is 1. The molecular formula is C24H33N3O6S. The zero-order valence-corrected chi connectivity index (χ0v) is 20.6. The Kier molecular flexibility index (Phi) is 7.14. The van der Waals surface area contributed by atoms with E-state index in [0.717, 1.165) is 10.6 Å². The zero-order valence-electron chi connectivity index (χ0n) is 19.8. The number of hydrogen-bond acceptors (Lipinski definition) is 8. The minimum absolute atomic E-state index is 0.0490. The first-order valence-electron chi connectivity index (χ1n) is 11.6. The standard InChI is InChI=1S/C24H33N3O6S/c1-23-7-6-18(29)24(2,13-28)17(23)10-16-21(27-22(34-16)26-20(31)12-32-3)15(23)9-19(30)25-11-14-5-4-8-33-14/h4-5,8,15,17-18,28-29H,6-7,9-13H2,1-3H3,(H,25,30)(H,26,27,31). The van der Waals surface area contributed by atoms with Gasteiger partial charge in [0.2, 0.25) is 5.91 Å². The highest BCUT2D eigenvalue weighted by Crippen LogP contribution is 2.62. The SMILES string of the molecule is COCC(=O)Nc1nc2c(s1)CC1C(C)(CO)C(O)CCC1(C)C2CC(=O)NCc1ccco1. The first-order valence-corrected chi connectivity index (χ1v) is 12.4. The Morgan fingerprint density at radius 3 is 2.82 bits per heavy atom. The van der Waals surface area contributed by atoms with Crippen molar-refractivity contribution in [1.82, 2.24) is 10.3 Å². The number of anilines is 1. The van der Waals surface area contributed by atoms with Crippen molar-refractivity contribution in [2.24, 2.45) is 16.7 Å². The lowest BCUT2D eigenvalue weighted by Gasteiger charge is -2.58. The number of nitrogens with zero attached hydrogens (tertiary/aromatic N) is 1. The van der Waals surface area contributed by atoms with Crippen molar-refractivity contribution in [3.8, 4) is 0 Å². The number of aliphatic hydroxyl groups is 2. The lowest BCUT2D eigenvalue weighted by molar-refractivity contribution is -0.144. The molecule has 2 heterocycles. The van der Waals surface area contributed by atoms with E-state index in [1.54, 1.807) is 18.4 Å². The molecule has 2 aromatic heterocycles. The second-order valence-electron chi connectivity index (χ2n) is 9.90. The largest absolute Gasteiger partial charge is 0.467 e. The third kappa shape index (κ3) is 4.51. The molecule has 2 aliphatic carbocycles. The van der Waals surface area contributed by atoms with Gasteiger partial charge in [-0.2, -0.15) is 0 Å². The number of rotatable bonds is 8. The maximum Gasteiger partial charge on any atom is 0.252 e. The Morgan fingerprint density at radius 1 is 1.35 bits per heavy atom. The molecule has 2 aromatic rings. The fourth-order valence-electron chi connectivity index (χ4n) is 5.84. The predicted molar refractivity (Wildman–Crippen MR) is 126 cm³/mol. The van der Waals surface area contributed by atoms with Gasteiger partial charge in [0.1, 0.15) is 12.4 Å². The Hall–Kier alpha value is -2.27. The van der Waals surface area contributed by atoms with Crippen molar-refractivity contribution in [2.75, 3.05) is 25.6 Å². The Labute approximate surface area is 202 Å². The summed E-state index contributed by atoms with van der Waals surface area (Å²) in [6, 6.07) is 3.58. The normalized spacial score (nSPS) is 30.3.